The third-order valence-corrected chi connectivity index (χ3v) is 8.12. The maximum absolute atomic E-state index is 12.7. The van der Waals surface area contributed by atoms with Crippen LogP contribution in [0.15, 0.2) is 60.0 Å². The molecule has 1 unspecified atom stereocenters. The van der Waals surface area contributed by atoms with Gasteiger partial charge < -0.3 is 23.7 Å². The number of piperazine rings is 1. The second-order valence-corrected chi connectivity index (χ2v) is 11.1. The number of ether oxygens (including phenoxy) is 5. The Bertz CT molecular complexity index is 1370. The van der Waals surface area contributed by atoms with Gasteiger partial charge in [0.2, 0.25) is 0 Å². The number of benzene rings is 1. The molecular weight excluding hydrogens is 599 g/mol. The first-order valence-electron chi connectivity index (χ1n) is 12.5. The van der Waals surface area contributed by atoms with E-state index in [1.165, 1.54) is 28.2 Å². The number of thiophene rings is 1. The maximum Gasteiger partial charge on any atom is 0.420 e. The van der Waals surface area contributed by atoms with Gasteiger partial charge in [0.1, 0.15) is 11.9 Å². The van der Waals surface area contributed by atoms with E-state index in [2.05, 4.69) is 0 Å². The highest BCUT2D eigenvalue weighted by Crippen LogP contribution is 2.44. The fourth-order valence-electron chi connectivity index (χ4n) is 4.73. The summed E-state index contributed by atoms with van der Waals surface area (Å²) in [5.41, 5.74) is 0. The zero-order chi connectivity index (χ0) is 29.2. The summed E-state index contributed by atoms with van der Waals surface area (Å²) in [6, 6.07) is 8.76. The van der Waals surface area contributed by atoms with Crippen molar-refractivity contribution in [1.82, 2.24) is 9.80 Å². The van der Waals surface area contributed by atoms with Crippen LogP contribution in [-0.4, -0.2) is 72.2 Å². The summed E-state index contributed by atoms with van der Waals surface area (Å²) in [4.78, 5) is 54.3. The van der Waals surface area contributed by atoms with Crippen molar-refractivity contribution in [2.24, 2.45) is 0 Å². The van der Waals surface area contributed by atoms with Crippen molar-refractivity contribution in [3.8, 4) is 5.75 Å². The number of carbonyl (C=O) groups is 4. The lowest BCUT2D eigenvalue weighted by Gasteiger charge is -2.54. The van der Waals surface area contributed by atoms with Crippen molar-refractivity contribution in [3.63, 3.8) is 0 Å². The molecule has 1 saturated heterocycles. The summed E-state index contributed by atoms with van der Waals surface area (Å²) >= 11 is 14.0. The number of likely N-dealkylation sites (N-methyl/N-ethyl adjacent to an activating group) is 1. The van der Waals surface area contributed by atoms with Gasteiger partial charge >= 0.3 is 35.7 Å². The minimum Gasteiger partial charge on any atom is -0.483 e. The van der Waals surface area contributed by atoms with E-state index in [0.29, 0.717) is 28.6 Å². The highest BCUT2D eigenvalue weighted by atomic mass is 35.5. The molecule has 41 heavy (non-hydrogen) atoms. The smallest absolute Gasteiger partial charge is 0.420 e. The van der Waals surface area contributed by atoms with E-state index < -0.39 is 41.8 Å². The third-order valence-electron chi connectivity index (χ3n) is 6.61. The molecule has 0 bridgehead atoms. The van der Waals surface area contributed by atoms with E-state index in [0.717, 1.165) is 29.2 Å². The van der Waals surface area contributed by atoms with Crippen LogP contribution in [0.4, 0.5) is 0 Å². The molecule has 4 heterocycles. The Kier molecular flexibility index (Phi) is 8.39. The first-order chi connectivity index (χ1) is 19.6. The van der Waals surface area contributed by atoms with Crippen LogP contribution >= 0.6 is 34.5 Å². The summed E-state index contributed by atoms with van der Waals surface area (Å²) in [7, 11) is 1.49. The molecule has 1 fully saturated rings. The van der Waals surface area contributed by atoms with Gasteiger partial charge in [0.25, 0.3) is 0 Å². The van der Waals surface area contributed by atoms with Crippen molar-refractivity contribution in [1.29, 1.82) is 0 Å². The predicted octanol–water partition coefficient (Wildman–Crippen LogP) is 3.82. The first-order valence-corrected chi connectivity index (χ1v) is 14.1. The van der Waals surface area contributed by atoms with E-state index in [1.807, 2.05) is 17.5 Å². The van der Waals surface area contributed by atoms with Crippen molar-refractivity contribution in [3.05, 3.63) is 74.9 Å². The molecule has 0 radical (unpaired) electrons. The normalized spacial score (nSPS) is 21.0. The molecule has 0 saturated carbocycles. The van der Waals surface area contributed by atoms with Crippen molar-refractivity contribution in [2.45, 2.75) is 30.8 Å². The summed E-state index contributed by atoms with van der Waals surface area (Å²) < 4.78 is 28.7. The van der Waals surface area contributed by atoms with Crippen molar-refractivity contribution < 1.29 is 42.9 Å². The lowest BCUT2D eigenvalue weighted by Crippen LogP contribution is -2.80. The van der Waals surface area contributed by atoms with E-state index in [4.69, 9.17) is 46.9 Å². The molecule has 5 rings (SSSR count). The van der Waals surface area contributed by atoms with Gasteiger partial charge in [-0.2, -0.15) is 0 Å². The number of carbonyl (C=O) groups excluding carboxylic acids is 4. The Hall–Kier alpha value is -3.42. The zero-order valence-electron chi connectivity index (χ0n) is 21.6. The summed E-state index contributed by atoms with van der Waals surface area (Å²) in [5.74, 6) is -8.32. The molecule has 216 valence electrons. The number of esters is 4. The first kappa shape index (κ1) is 29.1. The van der Waals surface area contributed by atoms with E-state index in [9.17, 15) is 19.2 Å². The average molecular weight is 623 g/mol. The van der Waals surface area contributed by atoms with Crippen LogP contribution in [0.25, 0.3) is 0 Å². The molecule has 1 aromatic carbocycles. The van der Waals surface area contributed by atoms with Gasteiger partial charge in [-0.3, -0.25) is 0 Å². The molecule has 11 nitrogen and oxygen atoms in total. The minimum atomic E-state index is -2.45. The molecule has 2 aromatic rings. The number of fused-ring (bicyclic) bond motifs is 1. The molecule has 0 aliphatic carbocycles. The Balaban J connectivity index is 1.44. The Morgan fingerprint density at radius 2 is 1.51 bits per heavy atom. The van der Waals surface area contributed by atoms with Crippen molar-refractivity contribution >= 4 is 58.4 Å². The van der Waals surface area contributed by atoms with Crippen LogP contribution in [0.2, 0.25) is 10.0 Å². The van der Waals surface area contributed by atoms with Gasteiger partial charge in [-0.1, -0.05) is 29.3 Å². The number of rotatable bonds is 7. The quantitative estimate of drug-likeness (QED) is 0.419. The van der Waals surface area contributed by atoms with Gasteiger partial charge in [-0.05, 0) is 43.5 Å². The van der Waals surface area contributed by atoms with Crippen LogP contribution in [0.5, 0.6) is 5.75 Å². The number of hydrogen-bond acceptors (Lipinski definition) is 12. The molecular formula is C27H24Cl2N2O9S. The summed E-state index contributed by atoms with van der Waals surface area (Å²) in [6.07, 6.45) is 3.93. The average Bonchev–Trinajstić information content (AvgIpc) is 3.36. The monoisotopic (exact) mass is 622 g/mol. The minimum absolute atomic E-state index is 0.146. The molecule has 14 heteroatoms. The maximum atomic E-state index is 12.7. The fraction of sp³-hybridized carbons (Fsp3) is 0.333. The van der Waals surface area contributed by atoms with Gasteiger partial charge in [0.15, 0.2) is 0 Å². The lowest BCUT2D eigenvalue weighted by atomic mass is 10.1. The van der Waals surface area contributed by atoms with Crippen LogP contribution < -0.4 is 4.74 Å². The van der Waals surface area contributed by atoms with Crippen LogP contribution in [-0.2, 0) is 38.1 Å². The molecule has 2 spiro atoms. The largest absolute Gasteiger partial charge is 0.483 e. The van der Waals surface area contributed by atoms with Crippen LogP contribution in [0.1, 0.15) is 23.8 Å². The van der Waals surface area contributed by atoms with E-state index >= 15 is 0 Å². The molecule has 3 aliphatic rings. The van der Waals surface area contributed by atoms with Gasteiger partial charge in [0, 0.05) is 59.9 Å². The fourth-order valence-corrected chi connectivity index (χ4v) is 5.84. The van der Waals surface area contributed by atoms with E-state index in [-0.39, 0.29) is 19.6 Å². The van der Waals surface area contributed by atoms with Gasteiger partial charge in [-0.15, -0.1) is 11.3 Å². The highest BCUT2D eigenvalue weighted by Gasteiger charge is 2.73. The van der Waals surface area contributed by atoms with Crippen LogP contribution in [0, 0.1) is 0 Å². The zero-order valence-corrected chi connectivity index (χ0v) is 23.9. The number of nitrogens with zero attached hydrogens (tertiary/aromatic N) is 2. The van der Waals surface area contributed by atoms with Crippen molar-refractivity contribution in [2.75, 3.05) is 26.7 Å². The molecule has 1 aromatic heterocycles. The SMILES string of the molecule is CN1CCN(CCCC(Oc2cc(Cl)ccc2Cl)c2cccs2)C2(OC(=O)C=CC(=O)O2)C12OC(=O)C=CC(=O)O2. The molecule has 1 atom stereocenters. The Morgan fingerprint density at radius 3 is 2.10 bits per heavy atom. The Labute approximate surface area is 248 Å². The third kappa shape index (κ3) is 5.84. The lowest BCUT2D eigenvalue weighted by molar-refractivity contribution is -0.459. The van der Waals surface area contributed by atoms with Gasteiger partial charge in [-0.25, -0.2) is 29.0 Å². The van der Waals surface area contributed by atoms with Crippen LogP contribution in [0.3, 0.4) is 0 Å². The topological polar surface area (TPSA) is 121 Å². The highest BCUT2D eigenvalue weighted by molar-refractivity contribution is 7.10. The van der Waals surface area contributed by atoms with Gasteiger partial charge in [0.05, 0.1) is 5.02 Å². The number of halogens is 2. The molecule has 3 aliphatic heterocycles. The standard InChI is InChI=1S/C27H24Cl2N2O9S/c1-30-13-14-31(12-2-4-19(21-5-3-15-41-21)36-20-16-17(28)6-7-18(20)29)27(39-24(34)10-11-25(35)40-27)26(30)37-22(32)8-9-23(33)38-26/h3,5-11,15-16,19H,2,4,12-14H2,1H3. The second-order valence-electron chi connectivity index (χ2n) is 9.26. The summed E-state index contributed by atoms with van der Waals surface area (Å²) in [5, 5.41) is 2.78. The van der Waals surface area contributed by atoms with E-state index in [1.54, 1.807) is 18.2 Å². The summed E-state index contributed by atoms with van der Waals surface area (Å²) in [6.45, 7) is 0.521. The predicted molar refractivity (Wildman–Crippen MR) is 146 cm³/mol. The second kappa shape index (κ2) is 11.8. The molecule has 0 amide bonds. The molecule has 0 N–H and O–H groups in total. The number of hydrogen-bond donors (Lipinski definition) is 0. The Morgan fingerprint density at radius 1 is 0.902 bits per heavy atom.